The van der Waals surface area contributed by atoms with Gasteiger partial charge in [0.2, 0.25) is 0 Å². The molecular formula is C8H7Cl2N3O. The number of carbonyl (C=O) groups excluding carboxylic acids is 1. The average Bonchev–Trinajstić information content (AvgIpc) is 2.08. The number of amidine groups is 1. The quantitative estimate of drug-likeness (QED) is 0.442. The molecule has 0 aliphatic heterocycles. The lowest BCUT2D eigenvalue weighted by Gasteiger charge is -2.02. The Morgan fingerprint density at radius 2 is 2.21 bits per heavy atom. The Hall–Kier alpha value is -1.13. The van der Waals surface area contributed by atoms with Gasteiger partial charge in [0.15, 0.2) is 0 Å². The molecule has 0 spiro atoms. The van der Waals surface area contributed by atoms with Gasteiger partial charge in [-0.05, 0) is 13.0 Å². The van der Waals surface area contributed by atoms with Crippen LogP contribution in [0.2, 0.25) is 10.2 Å². The first-order chi connectivity index (χ1) is 6.50. The van der Waals surface area contributed by atoms with Crippen LogP contribution in [0.25, 0.3) is 0 Å². The zero-order chi connectivity index (χ0) is 10.7. The normalized spacial score (nSPS) is 9.64. The summed E-state index contributed by atoms with van der Waals surface area (Å²) in [7, 11) is 0. The minimum absolute atomic E-state index is 0.0565. The predicted molar refractivity (Wildman–Crippen MR) is 55.1 cm³/mol. The third kappa shape index (κ3) is 2.68. The van der Waals surface area contributed by atoms with E-state index in [1.807, 2.05) is 0 Å². The fraction of sp³-hybridized carbons (Fsp3) is 0.125. The number of nitrogens with zero attached hydrogens (tertiary/aromatic N) is 1. The Bertz CT molecular complexity index is 392. The minimum atomic E-state index is -0.427. The third-order valence-corrected chi connectivity index (χ3v) is 2.05. The Labute approximate surface area is 90.7 Å². The number of carbonyl (C=O) groups is 1. The molecule has 6 heteroatoms. The Morgan fingerprint density at radius 1 is 1.57 bits per heavy atom. The van der Waals surface area contributed by atoms with E-state index in [2.05, 4.69) is 10.3 Å². The van der Waals surface area contributed by atoms with Crippen LogP contribution in [0, 0.1) is 5.41 Å². The molecule has 0 aromatic carbocycles. The minimum Gasteiger partial charge on any atom is -0.311 e. The molecule has 1 heterocycles. The van der Waals surface area contributed by atoms with Gasteiger partial charge in [0.25, 0.3) is 5.91 Å². The second kappa shape index (κ2) is 4.39. The first-order valence-corrected chi connectivity index (χ1v) is 4.44. The standard InChI is InChI=1S/C8H7Cl2N3O/c1-4(11)13-8(14)5-2-6(9)7(10)12-3-5/h2-3H,1H3,(H2,11,13,14). The van der Waals surface area contributed by atoms with Gasteiger partial charge in [-0.2, -0.15) is 0 Å². The summed E-state index contributed by atoms with van der Waals surface area (Å²) in [6.07, 6.45) is 1.30. The zero-order valence-corrected chi connectivity index (χ0v) is 8.78. The topological polar surface area (TPSA) is 65.8 Å². The number of hydrogen-bond acceptors (Lipinski definition) is 3. The predicted octanol–water partition coefficient (Wildman–Crippen LogP) is 2.12. The van der Waals surface area contributed by atoms with Crippen molar-refractivity contribution in [2.45, 2.75) is 6.92 Å². The summed E-state index contributed by atoms with van der Waals surface area (Å²) in [4.78, 5) is 15.0. The second-order valence-corrected chi connectivity index (χ2v) is 3.34. The van der Waals surface area contributed by atoms with E-state index in [0.717, 1.165) is 0 Å². The molecule has 0 saturated carbocycles. The van der Waals surface area contributed by atoms with Gasteiger partial charge in [0.05, 0.1) is 16.4 Å². The largest absolute Gasteiger partial charge is 0.311 e. The summed E-state index contributed by atoms with van der Waals surface area (Å²) in [5.41, 5.74) is 0.269. The molecule has 74 valence electrons. The van der Waals surface area contributed by atoms with Gasteiger partial charge in [-0.15, -0.1) is 0 Å². The SMILES string of the molecule is CC(=N)NC(=O)c1cnc(Cl)c(Cl)c1. The molecule has 2 N–H and O–H groups in total. The molecule has 0 fully saturated rings. The molecule has 0 unspecified atom stereocenters. The van der Waals surface area contributed by atoms with Crippen molar-refractivity contribution in [1.82, 2.24) is 10.3 Å². The third-order valence-electron chi connectivity index (χ3n) is 1.36. The number of halogens is 2. The molecule has 0 bridgehead atoms. The summed E-state index contributed by atoms with van der Waals surface area (Å²) in [6, 6.07) is 1.40. The molecule has 0 atom stereocenters. The van der Waals surface area contributed by atoms with Crippen molar-refractivity contribution in [2.75, 3.05) is 0 Å². The van der Waals surface area contributed by atoms with Crippen LogP contribution in [-0.2, 0) is 0 Å². The summed E-state index contributed by atoms with van der Waals surface area (Å²) in [5.74, 6) is -0.371. The van der Waals surface area contributed by atoms with Crippen molar-refractivity contribution < 1.29 is 4.79 Å². The van der Waals surface area contributed by atoms with Crippen molar-refractivity contribution >= 4 is 34.9 Å². The van der Waals surface area contributed by atoms with Crippen molar-refractivity contribution in [3.8, 4) is 0 Å². The summed E-state index contributed by atoms with van der Waals surface area (Å²) in [5, 5.41) is 9.73. The van der Waals surface area contributed by atoms with Crippen LogP contribution in [0.1, 0.15) is 17.3 Å². The van der Waals surface area contributed by atoms with E-state index in [1.165, 1.54) is 19.2 Å². The van der Waals surface area contributed by atoms with E-state index in [1.54, 1.807) is 0 Å². The molecule has 14 heavy (non-hydrogen) atoms. The van der Waals surface area contributed by atoms with Crippen molar-refractivity contribution in [1.29, 1.82) is 5.41 Å². The summed E-state index contributed by atoms with van der Waals surface area (Å²) in [6.45, 7) is 1.46. The van der Waals surface area contributed by atoms with E-state index in [4.69, 9.17) is 28.6 Å². The van der Waals surface area contributed by atoms with Crippen molar-refractivity contribution in [3.05, 3.63) is 28.0 Å². The van der Waals surface area contributed by atoms with Gasteiger partial charge in [-0.25, -0.2) is 4.98 Å². The van der Waals surface area contributed by atoms with E-state index >= 15 is 0 Å². The molecule has 0 radical (unpaired) electrons. The van der Waals surface area contributed by atoms with E-state index in [-0.39, 0.29) is 21.6 Å². The van der Waals surface area contributed by atoms with E-state index < -0.39 is 5.91 Å². The molecular weight excluding hydrogens is 225 g/mol. The number of pyridine rings is 1. The lowest BCUT2D eigenvalue weighted by molar-refractivity contribution is 0.0976. The Kier molecular flexibility index (Phi) is 3.43. The van der Waals surface area contributed by atoms with Crippen LogP contribution in [0.5, 0.6) is 0 Å². The Balaban J connectivity index is 2.91. The van der Waals surface area contributed by atoms with E-state index in [0.29, 0.717) is 0 Å². The van der Waals surface area contributed by atoms with Gasteiger partial charge < -0.3 is 5.32 Å². The van der Waals surface area contributed by atoms with Crippen LogP contribution in [0.15, 0.2) is 12.3 Å². The van der Waals surface area contributed by atoms with Crippen LogP contribution in [0.3, 0.4) is 0 Å². The van der Waals surface area contributed by atoms with Crippen LogP contribution in [0.4, 0.5) is 0 Å². The maximum atomic E-state index is 11.3. The molecule has 0 saturated heterocycles. The van der Waals surface area contributed by atoms with Gasteiger partial charge in [-0.3, -0.25) is 10.2 Å². The zero-order valence-electron chi connectivity index (χ0n) is 7.27. The number of amides is 1. The van der Waals surface area contributed by atoms with Gasteiger partial charge >= 0.3 is 0 Å². The summed E-state index contributed by atoms with van der Waals surface area (Å²) < 4.78 is 0. The van der Waals surface area contributed by atoms with Gasteiger partial charge in [-0.1, -0.05) is 23.2 Å². The fourth-order valence-electron chi connectivity index (χ4n) is 0.788. The van der Waals surface area contributed by atoms with Crippen LogP contribution in [-0.4, -0.2) is 16.7 Å². The number of aromatic nitrogens is 1. The molecule has 4 nitrogen and oxygen atoms in total. The second-order valence-electron chi connectivity index (χ2n) is 2.58. The fourth-order valence-corrected chi connectivity index (χ4v) is 1.06. The molecule has 1 rings (SSSR count). The molecule has 0 aliphatic carbocycles. The highest BCUT2D eigenvalue weighted by atomic mass is 35.5. The van der Waals surface area contributed by atoms with Gasteiger partial charge in [0.1, 0.15) is 5.15 Å². The van der Waals surface area contributed by atoms with Crippen molar-refractivity contribution in [2.24, 2.45) is 0 Å². The number of nitrogens with one attached hydrogen (secondary N) is 2. The molecule has 1 aromatic heterocycles. The lowest BCUT2D eigenvalue weighted by atomic mass is 10.2. The maximum Gasteiger partial charge on any atom is 0.258 e. The molecule has 1 aromatic rings. The highest BCUT2D eigenvalue weighted by Crippen LogP contribution is 2.19. The van der Waals surface area contributed by atoms with E-state index in [9.17, 15) is 4.79 Å². The summed E-state index contributed by atoms with van der Waals surface area (Å²) >= 11 is 11.2. The highest BCUT2D eigenvalue weighted by Gasteiger charge is 2.08. The molecule has 1 amide bonds. The monoisotopic (exact) mass is 231 g/mol. The lowest BCUT2D eigenvalue weighted by Crippen LogP contribution is -2.27. The van der Waals surface area contributed by atoms with Crippen molar-refractivity contribution in [3.63, 3.8) is 0 Å². The van der Waals surface area contributed by atoms with Gasteiger partial charge in [0, 0.05) is 6.20 Å². The maximum absolute atomic E-state index is 11.3. The first kappa shape index (κ1) is 10.9. The van der Waals surface area contributed by atoms with Crippen LogP contribution >= 0.6 is 23.2 Å². The number of rotatable bonds is 1. The smallest absolute Gasteiger partial charge is 0.258 e. The Morgan fingerprint density at radius 3 is 2.71 bits per heavy atom. The van der Waals surface area contributed by atoms with Crippen LogP contribution < -0.4 is 5.32 Å². The first-order valence-electron chi connectivity index (χ1n) is 3.68. The highest BCUT2D eigenvalue weighted by molar-refractivity contribution is 6.41. The molecule has 0 aliphatic rings. The average molecular weight is 232 g/mol. The number of hydrogen-bond donors (Lipinski definition) is 2.